The Morgan fingerprint density at radius 3 is 2.23 bits per heavy atom. The summed E-state index contributed by atoms with van der Waals surface area (Å²) in [6, 6.07) is 14.0. The van der Waals surface area contributed by atoms with Crippen LogP contribution in [0.15, 0.2) is 48.5 Å². The van der Waals surface area contributed by atoms with Crippen LogP contribution in [0.2, 0.25) is 0 Å². The molecule has 0 bridgehead atoms. The van der Waals surface area contributed by atoms with Crippen LogP contribution in [0.4, 0.5) is 5.69 Å². The number of hydrogen-bond donors (Lipinski definition) is 1. The van der Waals surface area contributed by atoms with Crippen molar-refractivity contribution in [3.63, 3.8) is 0 Å². The molecule has 22 heavy (non-hydrogen) atoms. The summed E-state index contributed by atoms with van der Waals surface area (Å²) in [5.41, 5.74) is 2.25. The van der Waals surface area contributed by atoms with E-state index in [0.717, 1.165) is 18.4 Å². The minimum Gasteiger partial charge on any atom is -0.423 e. The number of esters is 1. The fraction of sp³-hybridized carbons (Fsp3) is 0.222. The van der Waals surface area contributed by atoms with Crippen LogP contribution in [-0.2, 0) is 4.79 Å². The first kappa shape index (κ1) is 14.3. The summed E-state index contributed by atoms with van der Waals surface area (Å²) >= 11 is 0. The van der Waals surface area contributed by atoms with E-state index in [1.54, 1.807) is 36.4 Å². The van der Waals surface area contributed by atoms with Gasteiger partial charge in [-0.1, -0.05) is 17.7 Å². The van der Waals surface area contributed by atoms with Gasteiger partial charge >= 0.3 is 5.97 Å². The van der Waals surface area contributed by atoms with Crippen LogP contribution in [0.1, 0.15) is 28.8 Å². The molecule has 1 fully saturated rings. The summed E-state index contributed by atoms with van der Waals surface area (Å²) in [6.07, 6.45) is 1.93. The molecule has 2 aromatic carbocycles. The van der Waals surface area contributed by atoms with E-state index in [4.69, 9.17) is 4.74 Å². The van der Waals surface area contributed by atoms with E-state index < -0.39 is 5.97 Å². The second kappa shape index (κ2) is 6.02. The highest BCUT2D eigenvalue weighted by Crippen LogP contribution is 2.30. The maximum absolute atomic E-state index is 12.0. The minimum absolute atomic E-state index is 0.0509. The highest BCUT2D eigenvalue weighted by atomic mass is 16.5. The van der Waals surface area contributed by atoms with Crippen molar-refractivity contribution in [2.24, 2.45) is 5.92 Å². The Kier molecular flexibility index (Phi) is 3.92. The number of hydrogen-bond acceptors (Lipinski definition) is 3. The summed E-state index contributed by atoms with van der Waals surface area (Å²) in [5, 5.41) is 2.83. The Bertz CT molecular complexity index is 685. The molecule has 1 N–H and O–H groups in total. The zero-order chi connectivity index (χ0) is 15.5. The third kappa shape index (κ3) is 3.52. The van der Waals surface area contributed by atoms with Crippen molar-refractivity contribution in [2.75, 3.05) is 5.32 Å². The van der Waals surface area contributed by atoms with E-state index >= 15 is 0 Å². The molecule has 1 aliphatic carbocycles. The summed E-state index contributed by atoms with van der Waals surface area (Å²) in [5.74, 6) is 0.312. The Labute approximate surface area is 129 Å². The van der Waals surface area contributed by atoms with Crippen molar-refractivity contribution in [1.82, 2.24) is 0 Å². The van der Waals surface area contributed by atoms with E-state index in [9.17, 15) is 9.59 Å². The van der Waals surface area contributed by atoms with Gasteiger partial charge in [0.15, 0.2) is 0 Å². The first-order valence-electron chi connectivity index (χ1n) is 7.31. The molecule has 0 saturated heterocycles. The number of nitrogens with one attached hydrogen (secondary N) is 1. The van der Waals surface area contributed by atoms with Gasteiger partial charge in [-0.05, 0) is 56.2 Å². The van der Waals surface area contributed by atoms with E-state index in [0.29, 0.717) is 17.0 Å². The first-order valence-corrected chi connectivity index (χ1v) is 7.31. The highest BCUT2D eigenvalue weighted by molar-refractivity contribution is 5.95. The number of carbonyl (C=O) groups excluding carboxylic acids is 2. The Balaban J connectivity index is 1.62. The molecular formula is C18H17NO3. The molecule has 0 atom stereocenters. The molecule has 3 rings (SSSR count). The number of rotatable bonds is 4. The molecule has 112 valence electrons. The maximum atomic E-state index is 12.0. The second-order valence-electron chi connectivity index (χ2n) is 5.54. The van der Waals surface area contributed by atoms with E-state index in [-0.39, 0.29) is 11.8 Å². The highest BCUT2D eigenvalue weighted by Gasteiger charge is 2.29. The Morgan fingerprint density at radius 2 is 1.64 bits per heavy atom. The lowest BCUT2D eigenvalue weighted by atomic mass is 10.2. The van der Waals surface area contributed by atoms with Crippen LogP contribution in [0.5, 0.6) is 5.75 Å². The number of carbonyl (C=O) groups is 2. The van der Waals surface area contributed by atoms with Crippen LogP contribution >= 0.6 is 0 Å². The third-order valence-electron chi connectivity index (χ3n) is 3.57. The van der Waals surface area contributed by atoms with Gasteiger partial charge in [0.25, 0.3) is 0 Å². The molecule has 1 aliphatic rings. The molecule has 1 amide bonds. The van der Waals surface area contributed by atoms with Crippen molar-refractivity contribution < 1.29 is 14.3 Å². The summed E-state index contributed by atoms with van der Waals surface area (Å²) in [6.45, 7) is 1.97. The maximum Gasteiger partial charge on any atom is 0.343 e. The van der Waals surface area contributed by atoms with Crippen LogP contribution in [-0.4, -0.2) is 11.9 Å². The molecule has 0 radical (unpaired) electrons. The van der Waals surface area contributed by atoms with Gasteiger partial charge in [0.05, 0.1) is 5.56 Å². The van der Waals surface area contributed by atoms with Crippen LogP contribution in [0.25, 0.3) is 0 Å². The van der Waals surface area contributed by atoms with Gasteiger partial charge in [-0.15, -0.1) is 0 Å². The summed E-state index contributed by atoms with van der Waals surface area (Å²) < 4.78 is 5.30. The molecule has 0 spiro atoms. The van der Waals surface area contributed by atoms with Crippen molar-refractivity contribution in [3.05, 3.63) is 59.7 Å². The minimum atomic E-state index is -0.413. The fourth-order valence-corrected chi connectivity index (χ4v) is 2.05. The van der Waals surface area contributed by atoms with E-state index in [1.807, 2.05) is 19.1 Å². The smallest absolute Gasteiger partial charge is 0.343 e. The van der Waals surface area contributed by atoms with Crippen molar-refractivity contribution in [1.29, 1.82) is 0 Å². The van der Waals surface area contributed by atoms with Gasteiger partial charge in [0.1, 0.15) is 5.75 Å². The predicted octanol–water partition coefficient (Wildman–Crippen LogP) is 3.56. The quantitative estimate of drug-likeness (QED) is 0.693. The molecule has 0 aromatic heterocycles. The summed E-state index contributed by atoms with van der Waals surface area (Å²) in [4.78, 5) is 23.7. The third-order valence-corrected chi connectivity index (χ3v) is 3.57. The monoisotopic (exact) mass is 295 g/mol. The molecule has 0 unspecified atom stereocenters. The van der Waals surface area contributed by atoms with Crippen molar-refractivity contribution in [2.45, 2.75) is 19.8 Å². The fourth-order valence-electron chi connectivity index (χ4n) is 2.05. The van der Waals surface area contributed by atoms with Gasteiger partial charge < -0.3 is 10.1 Å². The topological polar surface area (TPSA) is 55.4 Å². The van der Waals surface area contributed by atoms with Gasteiger partial charge in [0.2, 0.25) is 5.91 Å². The van der Waals surface area contributed by atoms with Crippen LogP contribution < -0.4 is 10.1 Å². The summed E-state index contributed by atoms with van der Waals surface area (Å²) in [7, 11) is 0. The average molecular weight is 295 g/mol. The average Bonchev–Trinajstić information content (AvgIpc) is 3.35. The van der Waals surface area contributed by atoms with E-state index in [2.05, 4.69) is 5.32 Å². The van der Waals surface area contributed by atoms with Gasteiger partial charge in [0, 0.05) is 11.6 Å². The molecule has 0 heterocycles. The lowest BCUT2D eigenvalue weighted by Crippen LogP contribution is -2.13. The number of ether oxygens (including phenoxy) is 1. The largest absolute Gasteiger partial charge is 0.423 e. The zero-order valence-corrected chi connectivity index (χ0v) is 12.3. The number of aryl methyl sites for hydroxylation is 1. The molecule has 4 heteroatoms. The van der Waals surface area contributed by atoms with Crippen molar-refractivity contribution in [3.8, 4) is 5.75 Å². The van der Waals surface area contributed by atoms with Crippen molar-refractivity contribution >= 4 is 17.6 Å². The number of amides is 1. The van der Waals surface area contributed by atoms with Gasteiger partial charge in [-0.3, -0.25) is 4.79 Å². The predicted molar refractivity (Wildman–Crippen MR) is 83.9 cm³/mol. The standard InChI is InChI=1S/C18H17NO3/c1-12-2-10-16(11-3-12)22-18(21)14-6-8-15(9-7-14)19-17(20)13-4-5-13/h2-3,6-11,13H,4-5H2,1H3,(H,19,20). The Hall–Kier alpha value is -2.62. The molecule has 2 aromatic rings. The van der Waals surface area contributed by atoms with Gasteiger partial charge in [-0.2, -0.15) is 0 Å². The lowest BCUT2D eigenvalue weighted by molar-refractivity contribution is -0.117. The van der Waals surface area contributed by atoms with Gasteiger partial charge in [-0.25, -0.2) is 4.79 Å². The van der Waals surface area contributed by atoms with E-state index in [1.165, 1.54) is 0 Å². The zero-order valence-electron chi connectivity index (χ0n) is 12.3. The second-order valence-corrected chi connectivity index (χ2v) is 5.54. The number of benzene rings is 2. The lowest BCUT2D eigenvalue weighted by Gasteiger charge is -2.07. The normalized spacial score (nSPS) is 13.5. The molecular weight excluding hydrogens is 278 g/mol. The molecule has 4 nitrogen and oxygen atoms in total. The molecule has 1 saturated carbocycles. The number of anilines is 1. The van der Waals surface area contributed by atoms with Crippen LogP contribution in [0.3, 0.4) is 0 Å². The molecule has 0 aliphatic heterocycles. The Morgan fingerprint density at radius 1 is 1.00 bits per heavy atom. The first-order chi connectivity index (χ1) is 10.6. The SMILES string of the molecule is Cc1ccc(OC(=O)c2ccc(NC(=O)C3CC3)cc2)cc1. The van der Waals surface area contributed by atoms with Crippen LogP contribution in [0, 0.1) is 12.8 Å².